The maximum Gasteiger partial charge on any atom is 0.201 e. The van der Waals surface area contributed by atoms with Crippen LogP contribution in [0.5, 0.6) is 0 Å². The number of thiol groups is 1. The van der Waals surface area contributed by atoms with Crippen LogP contribution in [0.15, 0.2) is 0 Å². The van der Waals surface area contributed by atoms with Gasteiger partial charge in [0.1, 0.15) is 0 Å². The van der Waals surface area contributed by atoms with E-state index in [0.29, 0.717) is 53.3 Å². The van der Waals surface area contributed by atoms with Crippen LogP contribution in [0.25, 0.3) is 0 Å². The van der Waals surface area contributed by atoms with E-state index in [1.807, 2.05) is 13.8 Å². The van der Waals surface area contributed by atoms with E-state index in [0.717, 1.165) is 57.1 Å². The molecular formula is C34H54O8S. The molecule has 43 heavy (non-hydrogen) atoms. The Balaban J connectivity index is 1.02. The molecule has 10 aliphatic rings. The fourth-order valence-corrected chi connectivity index (χ4v) is 11.7. The Morgan fingerprint density at radius 1 is 0.605 bits per heavy atom. The molecule has 0 aromatic carbocycles. The molecule has 2 spiro atoms. The van der Waals surface area contributed by atoms with Gasteiger partial charge in [-0.15, -0.1) is 0 Å². The molecule has 2 saturated carbocycles. The highest BCUT2D eigenvalue weighted by molar-refractivity contribution is 7.80. The van der Waals surface area contributed by atoms with Crippen molar-refractivity contribution in [1.29, 1.82) is 0 Å². The standard InChI is InChI=1S/C34H54O8S/c1-18-7-9-25-20(3)27(35-29-33(25)23(18)11-13-31(5,37-29)39-41-33)15-22(17-43)16-28-21(4)26-10-8-19(2)24-12-14-32(6)38-30(36-28)34(24,26)42-40-32/h18-30,43H,7-17H2,1-6H3/t18-,19-,20-,21-,22?,23+,24+,25+,26+,27?,28?,29-,30-,31+,32+,33-,34?/m1/s1. The van der Waals surface area contributed by atoms with Gasteiger partial charge in [-0.25, -0.2) is 19.6 Å². The molecule has 4 unspecified atom stereocenters. The molecule has 0 aromatic rings. The predicted octanol–water partition coefficient (Wildman–Crippen LogP) is 6.81. The Labute approximate surface area is 263 Å². The second-order valence-corrected chi connectivity index (χ2v) is 16.8. The van der Waals surface area contributed by atoms with Gasteiger partial charge in [0.2, 0.25) is 11.6 Å². The van der Waals surface area contributed by atoms with Crippen molar-refractivity contribution in [2.45, 2.75) is 153 Å². The van der Waals surface area contributed by atoms with E-state index in [-0.39, 0.29) is 12.2 Å². The molecule has 2 aliphatic carbocycles. The van der Waals surface area contributed by atoms with Crippen LogP contribution in [0.4, 0.5) is 0 Å². The minimum Gasteiger partial charge on any atom is -0.346 e. The lowest BCUT2D eigenvalue weighted by molar-refractivity contribution is -0.571. The van der Waals surface area contributed by atoms with Gasteiger partial charge < -0.3 is 18.9 Å². The van der Waals surface area contributed by atoms with Gasteiger partial charge in [0.25, 0.3) is 0 Å². The van der Waals surface area contributed by atoms with E-state index in [1.54, 1.807) is 0 Å². The van der Waals surface area contributed by atoms with Crippen molar-refractivity contribution in [3.8, 4) is 0 Å². The molecular weight excluding hydrogens is 568 g/mol. The SMILES string of the molecule is C[C@@H]1CC[C@H]2[C@@H](C)C(CC(CS)CC3O[C@@H]4O[C@]5(C)CC[C@H]6[C@H](C)CC[C@@H]([C@H]3C)[C@@]46OO5)O[C@@H]3O[C@]4(C)CC[C@@H]1C32OO4. The number of hydrogen-bond acceptors (Lipinski definition) is 9. The Morgan fingerprint density at radius 3 is 1.47 bits per heavy atom. The van der Waals surface area contributed by atoms with Crippen molar-refractivity contribution >= 4 is 12.6 Å². The molecule has 17 atom stereocenters. The molecule has 8 saturated heterocycles. The molecule has 9 heteroatoms. The number of fused-ring (bicyclic) bond motifs is 4. The van der Waals surface area contributed by atoms with Crippen LogP contribution in [0, 0.1) is 53.3 Å². The van der Waals surface area contributed by atoms with E-state index >= 15 is 0 Å². The third-order valence-electron chi connectivity index (χ3n) is 14.0. The average molecular weight is 623 g/mol. The lowest BCUT2D eigenvalue weighted by Gasteiger charge is -2.61. The lowest BCUT2D eigenvalue weighted by atomic mass is 9.56. The van der Waals surface area contributed by atoms with Gasteiger partial charge in [0.15, 0.2) is 23.8 Å². The first-order valence-electron chi connectivity index (χ1n) is 17.5. The molecule has 8 aliphatic heterocycles. The first kappa shape index (κ1) is 30.4. The first-order valence-corrected chi connectivity index (χ1v) is 18.2. The maximum absolute atomic E-state index is 6.97. The minimum absolute atomic E-state index is 0.0734. The smallest absolute Gasteiger partial charge is 0.201 e. The van der Waals surface area contributed by atoms with E-state index in [9.17, 15) is 0 Å². The van der Waals surface area contributed by atoms with Crippen LogP contribution in [0.3, 0.4) is 0 Å². The summed E-state index contributed by atoms with van der Waals surface area (Å²) in [5.41, 5.74) is -1.03. The van der Waals surface area contributed by atoms with Crippen LogP contribution in [0.1, 0.15) is 106 Å². The van der Waals surface area contributed by atoms with Gasteiger partial charge in [-0.2, -0.15) is 12.6 Å². The number of hydrogen-bond donors (Lipinski definition) is 1. The summed E-state index contributed by atoms with van der Waals surface area (Å²) in [6, 6.07) is 0. The van der Waals surface area contributed by atoms with Crippen LogP contribution in [-0.4, -0.2) is 53.3 Å². The Kier molecular flexibility index (Phi) is 7.43. The fraction of sp³-hybridized carbons (Fsp3) is 1.00. The van der Waals surface area contributed by atoms with Crippen LogP contribution in [-0.2, 0) is 38.5 Å². The van der Waals surface area contributed by atoms with Crippen molar-refractivity contribution in [2.75, 3.05) is 5.75 Å². The van der Waals surface area contributed by atoms with Gasteiger partial charge in [-0.05, 0) is 112 Å². The average Bonchev–Trinajstić information content (AvgIpc) is 3.35. The Bertz CT molecular complexity index is 999. The summed E-state index contributed by atoms with van der Waals surface area (Å²) in [5, 5.41) is 0. The van der Waals surface area contributed by atoms with Gasteiger partial charge in [0.05, 0.1) is 12.2 Å². The highest BCUT2D eigenvalue weighted by atomic mass is 32.1. The fourth-order valence-electron chi connectivity index (χ4n) is 11.4. The predicted molar refractivity (Wildman–Crippen MR) is 160 cm³/mol. The molecule has 10 rings (SSSR count). The lowest BCUT2D eigenvalue weighted by Crippen LogP contribution is -2.70. The third-order valence-corrected chi connectivity index (χ3v) is 14.5. The van der Waals surface area contributed by atoms with Crippen molar-refractivity contribution in [2.24, 2.45) is 53.3 Å². The molecule has 0 radical (unpaired) electrons. The second-order valence-electron chi connectivity index (χ2n) is 16.4. The zero-order valence-electron chi connectivity index (χ0n) is 27.0. The molecule has 0 aromatic heterocycles. The quantitative estimate of drug-likeness (QED) is 0.265. The molecule has 0 amide bonds. The number of ether oxygens (including phenoxy) is 4. The first-order chi connectivity index (χ1) is 20.5. The second kappa shape index (κ2) is 10.5. The van der Waals surface area contributed by atoms with Gasteiger partial charge in [-0.3, -0.25) is 0 Å². The van der Waals surface area contributed by atoms with Crippen molar-refractivity contribution < 1.29 is 38.5 Å². The van der Waals surface area contributed by atoms with E-state index in [1.165, 1.54) is 12.8 Å². The highest BCUT2D eigenvalue weighted by Gasteiger charge is 2.71. The van der Waals surface area contributed by atoms with Crippen molar-refractivity contribution in [3.63, 3.8) is 0 Å². The molecule has 4 bridgehead atoms. The minimum atomic E-state index is -0.747. The summed E-state index contributed by atoms with van der Waals surface area (Å²) in [4.78, 5) is 24.9. The normalized spacial score (nSPS) is 59.5. The summed E-state index contributed by atoms with van der Waals surface area (Å²) < 4.78 is 27.2. The van der Waals surface area contributed by atoms with Crippen molar-refractivity contribution in [3.05, 3.63) is 0 Å². The van der Waals surface area contributed by atoms with E-state index in [2.05, 4.69) is 27.7 Å². The van der Waals surface area contributed by atoms with Gasteiger partial charge >= 0.3 is 0 Å². The van der Waals surface area contributed by atoms with Crippen LogP contribution < -0.4 is 0 Å². The monoisotopic (exact) mass is 622 g/mol. The van der Waals surface area contributed by atoms with Gasteiger partial charge in [0, 0.05) is 24.7 Å². The summed E-state index contributed by atoms with van der Waals surface area (Å²) >= 11 is 4.91. The summed E-state index contributed by atoms with van der Waals surface area (Å²) in [7, 11) is 0. The van der Waals surface area contributed by atoms with E-state index in [4.69, 9.17) is 51.1 Å². The highest BCUT2D eigenvalue weighted by Crippen LogP contribution is 2.63. The summed E-state index contributed by atoms with van der Waals surface area (Å²) in [5.74, 6) is 2.91. The van der Waals surface area contributed by atoms with Gasteiger partial charge in [-0.1, -0.05) is 27.7 Å². The largest absolute Gasteiger partial charge is 0.346 e. The van der Waals surface area contributed by atoms with Crippen molar-refractivity contribution in [1.82, 2.24) is 0 Å². The molecule has 8 heterocycles. The molecule has 244 valence electrons. The Morgan fingerprint density at radius 2 is 1.05 bits per heavy atom. The molecule has 8 nitrogen and oxygen atoms in total. The van der Waals surface area contributed by atoms with E-state index < -0.39 is 35.4 Å². The van der Waals surface area contributed by atoms with Crippen LogP contribution >= 0.6 is 12.6 Å². The molecule has 0 N–H and O–H groups in total. The molecule has 10 fully saturated rings. The Hall–Kier alpha value is 0.0300. The zero-order chi connectivity index (χ0) is 29.9. The summed E-state index contributed by atoms with van der Waals surface area (Å²) in [6.07, 6.45) is 9.69. The maximum atomic E-state index is 6.97. The third kappa shape index (κ3) is 4.38. The topological polar surface area (TPSA) is 73.8 Å². The summed E-state index contributed by atoms with van der Waals surface area (Å²) in [6.45, 7) is 13.5. The zero-order valence-corrected chi connectivity index (χ0v) is 27.9. The number of rotatable bonds is 5. The van der Waals surface area contributed by atoms with Crippen LogP contribution in [0.2, 0.25) is 0 Å².